The molecule has 0 radical (unpaired) electrons. The fourth-order valence-corrected chi connectivity index (χ4v) is 2.77. The predicted octanol–water partition coefficient (Wildman–Crippen LogP) is 2.11. The molecule has 3 rings (SSSR count). The average Bonchev–Trinajstić information content (AvgIpc) is 3.16. The van der Waals surface area contributed by atoms with Gasteiger partial charge in [0.1, 0.15) is 13.2 Å². The first-order valence-electron chi connectivity index (χ1n) is 6.46. The number of rotatable bonds is 4. The van der Waals surface area contributed by atoms with Crippen molar-refractivity contribution in [2.75, 3.05) is 20.3 Å². The summed E-state index contributed by atoms with van der Waals surface area (Å²) in [5.74, 6) is -0.662. The fraction of sp³-hybridized carbons (Fsp3) is 0.500. The second-order valence-electron chi connectivity index (χ2n) is 5.14. The lowest BCUT2D eigenvalue weighted by atomic mass is 9.90. The molecule has 1 N–H and O–H groups in total. The quantitative estimate of drug-likeness (QED) is 0.916. The fourth-order valence-electron chi connectivity index (χ4n) is 2.77. The van der Waals surface area contributed by atoms with Gasteiger partial charge in [-0.05, 0) is 12.8 Å². The maximum atomic E-state index is 14.1. The first-order valence-corrected chi connectivity index (χ1v) is 6.46. The summed E-state index contributed by atoms with van der Waals surface area (Å²) in [6.07, 6.45) is 1.28. The average molecular weight is 282 g/mol. The van der Waals surface area contributed by atoms with Crippen LogP contribution in [-0.2, 0) is 10.2 Å². The van der Waals surface area contributed by atoms with Crippen molar-refractivity contribution in [3.05, 3.63) is 17.4 Å². The van der Waals surface area contributed by atoms with Crippen LogP contribution in [0.5, 0.6) is 17.2 Å². The minimum Gasteiger partial charge on any atom is -0.493 e. The molecule has 0 saturated heterocycles. The van der Waals surface area contributed by atoms with E-state index in [1.807, 2.05) is 0 Å². The van der Waals surface area contributed by atoms with E-state index in [2.05, 4.69) is 0 Å². The number of carboxylic acid groups (broad SMARTS) is 1. The van der Waals surface area contributed by atoms with Gasteiger partial charge in [0.15, 0.2) is 23.1 Å². The molecular weight excluding hydrogens is 267 g/mol. The minimum absolute atomic E-state index is 0.0630. The van der Waals surface area contributed by atoms with Crippen molar-refractivity contribution in [2.45, 2.75) is 24.7 Å². The van der Waals surface area contributed by atoms with Crippen molar-refractivity contribution in [3.63, 3.8) is 0 Å². The molecule has 2 aliphatic rings. The number of carboxylic acids is 1. The van der Waals surface area contributed by atoms with E-state index in [0.717, 1.165) is 0 Å². The molecule has 1 heterocycles. The third-order valence-electron chi connectivity index (χ3n) is 3.82. The Bertz CT molecular complexity index is 565. The topological polar surface area (TPSA) is 65.0 Å². The van der Waals surface area contributed by atoms with Crippen LogP contribution in [0.3, 0.4) is 0 Å². The Morgan fingerprint density at radius 3 is 2.75 bits per heavy atom. The van der Waals surface area contributed by atoms with Gasteiger partial charge in [-0.25, -0.2) is 4.39 Å². The summed E-state index contributed by atoms with van der Waals surface area (Å²) >= 11 is 0. The number of aliphatic carboxylic acids is 1. The van der Waals surface area contributed by atoms with Gasteiger partial charge >= 0.3 is 5.97 Å². The largest absolute Gasteiger partial charge is 0.493 e. The zero-order valence-corrected chi connectivity index (χ0v) is 11.1. The molecule has 6 heteroatoms. The van der Waals surface area contributed by atoms with Crippen LogP contribution < -0.4 is 14.2 Å². The maximum absolute atomic E-state index is 14.1. The highest BCUT2D eigenvalue weighted by molar-refractivity contribution is 5.72. The summed E-state index contributed by atoms with van der Waals surface area (Å²) in [5, 5.41) is 9.08. The Labute approximate surface area is 115 Å². The van der Waals surface area contributed by atoms with Gasteiger partial charge in [0.25, 0.3) is 0 Å². The first-order chi connectivity index (χ1) is 9.57. The number of fused-ring (bicyclic) bond motifs is 1. The number of hydrogen-bond donors (Lipinski definition) is 1. The van der Waals surface area contributed by atoms with Crippen molar-refractivity contribution in [3.8, 4) is 17.2 Å². The molecule has 0 bridgehead atoms. The lowest BCUT2D eigenvalue weighted by molar-refractivity contribution is -0.137. The number of carbonyl (C=O) groups is 1. The zero-order valence-electron chi connectivity index (χ0n) is 11.1. The van der Waals surface area contributed by atoms with Crippen molar-refractivity contribution in [1.29, 1.82) is 0 Å². The van der Waals surface area contributed by atoms with Crippen LogP contribution in [0.2, 0.25) is 0 Å². The lowest BCUT2D eigenvalue weighted by Crippen LogP contribution is -2.22. The van der Waals surface area contributed by atoms with Gasteiger partial charge in [-0.1, -0.05) is 0 Å². The van der Waals surface area contributed by atoms with E-state index >= 15 is 0 Å². The van der Waals surface area contributed by atoms with Crippen LogP contribution in [0.4, 0.5) is 4.39 Å². The first kappa shape index (κ1) is 13.0. The Morgan fingerprint density at radius 2 is 2.15 bits per heavy atom. The molecule has 108 valence electrons. The monoisotopic (exact) mass is 282 g/mol. The third kappa shape index (κ3) is 1.95. The molecule has 0 unspecified atom stereocenters. The number of benzene rings is 1. The van der Waals surface area contributed by atoms with Crippen LogP contribution in [-0.4, -0.2) is 31.4 Å². The second kappa shape index (κ2) is 4.54. The van der Waals surface area contributed by atoms with Crippen molar-refractivity contribution in [2.24, 2.45) is 0 Å². The number of halogens is 1. The summed E-state index contributed by atoms with van der Waals surface area (Å²) in [4.78, 5) is 11.1. The Hall–Kier alpha value is -1.98. The smallest absolute Gasteiger partial charge is 0.304 e. The van der Waals surface area contributed by atoms with Gasteiger partial charge in [-0.2, -0.15) is 0 Å². The molecule has 0 atom stereocenters. The van der Waals surface area contributed by atoms with E-state index in [4.69, 9.17) is 19.3 Å². The number of ether oxygens (including phenoxy) is 3. The van der Waals surface area contributed by atoms with Crippen molar-refractivity contribution >= 4 is 5.97 Å². The molecule has 1 aromatic carbocycles. The SMILES string of the molecule is COc1c(F)cc2c(c1C1(CC(=O)O)CC1)OCCO2. The highest BCUT2D eigenvalue weighted by Gasteiger charge is 2.51. The third-order valence-corrected chi connectivity index (χ3v) is 3.82. The van der Waals surface area contributed by atoms with E-state index in [1.165, 1.54) is 13.2 Å². The summed E-state index contributed by atoms with van der Waals surface area (Å²) < 4.78 is 30.3. The summed E-state index contributed by atoms with van der Waals surface area (Å²) in [5.41, 5.74) is -0.110. The summed E-state index contributed by atoms with van der Waals surface area (Å²) in [6.45, 7) is 0.710. The van der Waals surface area contributed by atoms with E-state index in [1.54, 1.807) is 0 Å². The molecule has 0 spiro atoms. The van der Waals surface area contributed by atoms with Gasteiger partial charge in [-0.3, -0.25) is 4.79 Å². The molecule has 1 aliphatic heterocycles. The zero-order chi connectivity index (χ0) is 14.3. The molecule has 5 nitrogen and oxygen atoms in total. The normalized spacial score (nSPS) is 18.5. The summed E-state index contributed by atoms with van der Waals surface area (Å²) in [7, 11) is 1.37. The maximum Gasteiger partial charge on any atom is 0.304 e. The van der Waals surface area contributed by atoms with Crippen LogP contribution >= 0.6 is 0 Å². The highest BCUT2D eigenvalue weighted by Crippen LogP contribution is 2.59. The van der Waals surface area contributed by atoms with Crippen molar-refractivity contribution < 1.29 is 28.5 Å². The van der Waals surface area contributed by atoms with Gasteiger partial charge in [0.05, 0.1) is 13.5 Å². The van der Waals surface area contributed by atoms with Gasteiger partial charge < -0.3 is 19.3 Å². The Morgan fingerprint density at radius 1 is 1.45 bits per heavy atom. The Balaban J connectivity index is 2.17. The van der Waals surface area contributed by atoms with E-state index in [-0.39, 0.29) is 12.2 Å². The van der Waals surface area contributed by atoms with E-state index in [0.29, 0.717) is 43.1 Å². The number of hydrogen-bond acceptors (Lipinski definition) is 4. The van der Waals surface area contributed by atoms with Crippen LogP contribution in [0.15, 0.2) is 6.07 Å². The predicted molar refractivity (Wildman–Crippen MR) is 67.1 cm³/mol. The van der Waals surface area contributed by atoms with Crippen LogP contribution in [0.1, 0.15) is 24.8 Å². The minimum atomic E-state index is -0.917. The van der Waals surface area contributed by atoms with E-state index < -0.39 is 17.2 Å². The molecule has 1 aromatic rings. The van der Waals surface area contributed by atoms with Crippen molar-refractivity contribution in [1.82, 2.24) is 0 Å². The summed E-state index contributed by atoms with van der Waals surface area (Å²) in [6, 6.07) is 1.23. The molecule has 0 amide bonds. The Kier molecular flexibility index (Phi) is 2.96. The van der Waals surface area contributed by atoms with Gasteiger partial charge in [0.2, 0.25) is 0 Å². The molecule has 1 aliphatic carbocycles. The van der Waals surface area contributed by atoms with Gasteiger partial charge in [-0.15, -0.1) is 0 Å². The number of methoxy groups -OCH3 is 1. The molecule has 0 aromatic heterocycles. The highest BCUT2D eigenvalue weighted by atomic mass is 19.1. The standard InChI is InChI=1S/C14H15FO5/c1-18-12-8(15)6-9-13(20-5-4-19-9)11(12)14(2-3-14)7-10(16)17/h6H,2-5,7H2,1H3,(H,16,17). The molecule has 1 saturated carbocycles. The molecule has 1 fully saturated rings. The van der Waals surface area contributed by atoms with E-state index in [9.17, 15) is 9.18 Å². The second-order valence-corrected chi connectivity index (χ2v) is 5.14. The van der Waals surface area contributed by atoms with Crippen LogP contribution in [0.25, 0.3) is 0 Å². The molecule has 20 heavy (non-hydrogen) atoms. The lowest BCUT2D eigenvalue weighted by Gasteiger charge is -2.26. The van der Waals surface area contributed by atoms with Crippen LogP contribution in [0, 0.1) is 5.82 Å². The molecular formula is C14H15FO5. The van der Waals surface area contributed by atoms with Gasteiger partial charge in [0, 0.05) is 17.0 Å².